The molecule has 0 bridgehead atoms. The van der Waals surface area contributed by atoms with Crippen molar-refractivity contribution in [3.63, 3.8) is 0 Å². The molecule has 0 aliphatic carbocycles. The van der Waals surface area contributed by atoms with Crippen LogP contribution in [0.2, 0.25) is 0 Å². The standard InChI is InChI=1S/C8H2O5S2/c9-3-1-7(5-11)14-13-15-8(6-12)2-4-10/h1-2H. The molecule has 0 rings (SSSR count). The molecule has 0 aliphatic rings. The Morgan fingerprint density at radius 2 is 1.27 bits per heavy atom. The van der Waals surface area contributed by atoms with E-state index in [9.17, 15) is 19.2 Å². The fourth-order valence-electron chi connectivity index (χ4n) is 0.338. The van der Waals surface area contributed by atoms with Gasteiger partial charge in [0.25, 0.3) is 0 Å². The minimum atomic E-state index is -0.141. The third-order valence-electron chi connectivity index (χ3n) is 0.829. The maximum atomic E-state index is 10.1. The van der Waals surface area contributed by atoms with Gasteiger partial charge < -0.3 is 0 Å². The van der Waals surface area contributed by atoms with Gasteiger partial charge in [-0.05, 0) is 0 Å². The predicted octanol–water partition coefficient (Wildman–Crippen LogP) is 0.506. The second-order valence-electron chi connectivity index (χ2n) is 1.69. The number of allylic oxidation sites excluding steroid dienone is 2. The van der Waals surface area contributed by atoms with E-state index in [0.717, 1.165) is 12.2 Å². The van der Waals surface area contributed by atoms with E-state index in [-0.39, 0.29) is 9.81 Å². The van der Waals surface area contributed by atoms with Crippen LogP contribution in [0.3, 0.4) is 0 Å². The summed E-state index contributed by atoms with van der Waals surface area (Å²) >= 11 is 1.01. The smallest absolute Gasteiger partial charge is 0.142 e. The number of rotatable bonds is 6. The van der Waals surface area contributed by atoms with E-state index >= 15 is 0 Å². The molecule has 0 heterocycles. The van der Waals surface area contributed by atoms with E-state index in [1.807, 2.05) is 0 Å². The van der Waals surface area contributed by atoms with Crippen molar-refractivity contribution >= 4 is 47.9 Å². The van der Waals surface area contributed by atoms with E-state index in [1.54, 1.807) is 0 Å². The van der Waals surface area contributed by atoms with Gasteiger partial charge in [0.2, 0.25) is 0 Å². The lowest BCUT2D eigenvalue weighted by Gasteiger charge is -1.94. The molecule has 0 unspecified atom stereocenters. The molecule has 76 valence electrons. The monoisotopic (exact) mass is 242 g/mol. The Hall–Kier alpha value is -1.54. The SMILES string of the molecule is O=C=CC(=C=O)SOSC(=C=O)C=C=O. The van der Waals surface area contributed by atoms with E-state index in [1.165, 1.54) is 23.8 Å². The minimum absolute atomic E-state index is 0.141. The Kier molecular flexibility index (Phi) is 8.10. The highest BCUT2D eigenvalue weighted by molar-refractivity contribution is 8.12. The van der Waals surface area contributed by atoms with E-state index in [4.69, 9.17) is 0 Å². The van der Waals surface area contributed by atoms with Gasteiger partial charge in [0.05, 0.1) is 24.1 Å². The molecule has 0 saturated carbocycles. The molecule has 0 amide bonds. The second kappa shape index (κ2) is 9.03. The first-order chi connectivity index (χ1) is 7.28. The Labute approximate surface area is 93.0 Å². The molecule has 0 aliphatic heterocycles. The third kappa shape index (κ3) is 6.52. The van der Waals surface area contributed by atoms with Gasteiger partial charge in [-0.25, -0.2) is 22.8 Å². The highest BCUT2D eigenvalue weighted by Gasteiger charge is 2.01. The Morgan fingerprint density at radius 3 is 1.53 bits per heavy atom. The molecule has 0 spiro atoms. The molecule has 15 heavy (non-hydrogen) atoms. The second-order valence-corrected chi connectivity index (χ2v) is 3.45. The van der Waals surface area contributed by atoms with Crippen molar-refractivity contribution in [2.45, 2.75) is 0 Å². The molecule has 0 fully saturated rings. The van der Waals surface area contributed by atoms with Gasteiger partial charge in [0, 0.05) is 12.2 Å². The van der Waals surface area contributed by atoms with Crippen molar-refractivity contribution in [3.8, 4) is 0 Å². The highest BCUT2D eigenvalue weighted by Crippen LogP contribution is 2.26. The molecule has 0 radical (unpaired) electrons. The van der Waals surface area contributed by atoms with Crippen LogP contribution in [0.25, 0.3) is 0 Å². The average Bonchev–Trinajstić information content (AvgIpc) is 2.26. The molecular weight excluding hydrogens is 240 g/mol. The predicted molar refractivity (Wildman–Crippen MR) is 55.2 cm³/mol. The molecule has 0 atom stereocenters. The summed E-state index contributed by atoms with van der Waals surface area (Å²) in [6, 6.07) is 0. The summed E-state index contributed by atoms with van der Waals surface area (Å²) < 4.78 is 4.66. The Balaban J connectivity index is 4.19. The van der Waals surface area contributed by atoms with Crippen LogP contribution in [0.1, 0.15) is 0 Å². The van der Waals surface area contributed by atoms with Gasteiger partial charge in [-0.3, -0.25) is 0 Å². The first-order valence-electron chi connectivity index (χ1n) is 3.21. The zero-order valence-corrected chi connectivity index (χ0v) is 8.65. The first kappa shape index (κ1) is 13.5. The normalized spacial score (nSPS) is 7.47. The van der Waals surface area contributed by atoms with Gasteiger partial charge in [0.15, 0.2) is 0 Å². The van der Waals surface area contributed by atoms with Crippen LogP contribution < -0.4 is 0 Å². The first-order valence-corrected chi connectivity index (χ1v) is 4.70. The van der Waals surface area contributed by atoms with Crippen LogP contribution in [0.15, 0.2) is 22.0 Å². The average molecular weight is 242 g/mol. The van der Waals surface area contributed by atoms with Gasteiger partial charge in [-0.1, -0.05) is 0 Å². The Bertz CT molecular complexity index is 376. The molecule has 0 saturated heterocycles. The summed E-state index contributed by atoms with van der Waals surface area (Å²) in [7, 11) is 0. The van der Waals surface area contributed by atoms with Crippen LogP contribution in [-0.2, 0) is 22.8 Å². The van der Waals surface area contributed by atoms with Crippen molar-refractivity contribution in [3.05, 3.63) is 22.0 Å². The van der Waals surface area contributed by atoms with Crippen molar-refractivity contribution < 1.29 is 22.8 Å². The molecule has 5 nitrogen and oxygen atoms in total. The van der Waals surface area contributed by atoms with Gasteiger partial charge in [-0.2, -0.15) is 0 Å². The van der Waals surface area contributed by atoms with E-state index < -0.39 is 0 Å². The maximum absolute atomic E-state index is 10.1. The molecular formula is C8H2O5S2. The van der Waals surface area contributed by atoms with Crippen molar-refractivity contribution in [2.75, 3.05) is 0 Å². The lowest BCUT2D eigenvalue weighted by molar-refractivity contribution is 0.566. The molecule has 0 N–H and O–H groups in total. The zero-order valence-electron chi connectivity index (χ0n) is 7.01. The molecule has 7 heteroatoms. The summed E-state index contributed by atoms with van der Waals surface area (Å²) in [6.07, 6.45) is 1.64. The largest absolute Gasteiger partial charge is 0.235 e. The number of hydrogen-bond acceptors (Lipinski definition) is 7. The zero-order chi connectivity index (χ0) is 11.5. The van der Waals surface area contributed by atoms with Crippen LogP contribution in [0.4, 0.5) is 0 Å². The number of hydrogen-bond donors (Lipinski definition) is 0. The maximum Gasteiger partial charge on any atom is 0.142 e. The quantitative estimate of drug-likeness (QED) is 0.381. The van der Waals surface area contributed by atoms with Crippen LogP contribution in [0, 0.1) is 0 Å². The molecule has 0 aromatic heterocycles. The summed E-state index contributed by atoms with van der Waals surface area (Å²) in [5, 5.41) is 0. The summed E-state index contributed by atoms with van der Waals surface area (Å²) in [6.45, 7) is 0. The lowest BCUT2D eigenvalue weighted by atomic mass is 10.6. The third-order valence-corrected chi connectivity index (χ3v) is 2.13. The van der Waals surface area contributed by atoms with Crippen LogP contribution in [0.5, 0.6) is 0 Å². The van der Waals surface area contributed by atoms with Crippen molar-refractivity contribution in [1.82, 2.24) is 0 Å². The minimum Gasteiger partial charge on any atom is -0.235 e. The Morgan fingerprint density at radius 1 is 0.867 bits per heavy atom. The van der Waals surface area contributed by atoms with Crippen LogP contribution >= 0.6 is 24.1 Å². The fraction of sp³-hybridized carbons (Fsp3) is 0. The summed E-state index contributed by atoms with van der Waals surface area (Å²) in [5.41, 5.74) is 0. The van der Waals surface area contributed by atoms with E-state index in [0.29, 0.717) is 24.1 Å². The fourth-order valence-corrected chi connectivity index (χ4v) is 1.32. The van der Waals surface area contributed by atoms with Crippen LogP contribution in [-0.4, -0.2) is 23.8 Å². The van der Waals surface area contributed by atoms with Crippen molar-refractivity contribution in [2.24, 2.45) is 0 Å². The summed E-state index contributed by atoms with van der Waals surface area (Å²) in [5.74, 6) is 5.52. The lowest BCUT2D eigenvalue weighted by Crippen LogP contribution is -1.76. The topological polar surface area (TPSA) is 77.5 Å². The molecule has 0 aromatic carbocycles. The summed E-state index contributed by atoms with van der Waals surface area (Å²) in [4.78, 5) is 39.7. The van der Waals surface area contributed by atoms with Gasteiger partial charge >= 0.3 is 0 Å². The van der Waals surface area contributed by atoms with E-state index in [2.05, 4.69) is 3.63 Å². The van der Waals surface area contributed by atoms with Gasteiger partial charge in [0.1, 0.15) is 33.6 Å². The van der Waals surface area contributed by atoms with Gasteiger partial charge in [-0.15, -0.1) is 0 Å². The van der Waals surface area contributed by atoms with Crippen molar-refractivity contribution in [1.29, 1.82) is 0 Å². The highest BCUT2D eigenvalue weighted by atomic mass is 32.2. The molecule has 0 aromatic rings. The number of carbonyl (C=O) groups excluding carboxylic acids is 4.